The summed E-state index contributed by atoms with van der Waals surface area (Å²) in [4.78, 5) is 37.0. The third-order valence-corrected chi connectivity index (χ3v) is 4.30. The molecule has 0 saturated carbocycles. The van der Waals surface area contributed by atoms with Gasteiger partial charge in [0.1, 0.15) is 11.5 Å². The number of hydrogen-bond acceptors (Lipinski definition) is 4. The fourth-order valence-corrected chi connectivity index (χ4v) is 2.86. The molecule has 146 valence electrons. The van der Waals surface area contributed by atoms with Crippen molar-refractivity contribution < 1.29 is 19.1 Å². The van der Waals surface area contributed by atoms with Gasteiger partial charge in [-0.05, 0) is 42.8 Å². The molecule has 1 fully saturated rings. The van der Waals surface area contributed by atoms with Crippen molar-refractivity contribution in [3.8, 4) is 11.5 Å². The Bertz CT molecular complexity index is 821. The third-order valence-electron chi connectivity index (χ3n) is 4.30. The smallest absolute Gasteiger partial charge is 0.239 e. The van der Waals surface area contributed by atoms with Crippen LogP contribution in [0.1, 0.15) is 19.3 Å². The maximum Gasteiger partial charge on any atom is 0.239 e. The van der Waals surface area contributed by atoms with Crippen molar-refractivity contribution in [3.05, 3.63) is 54.6 Å². The SMILES string of the molecule is O=C1CN(C(=O)CCCC(=O)Nc2ccc(Oc3ccccc3)cc2)CCN1. The minimum atomic E-state index is -0.152. The number of benzene rings is 2. The van der Waals surface area contributed by atoms with Gasteiger partial charge in [0, 0.05) is 31.6 Å². The van der Waals surface area contributed by atoms with Gasteiger partial charge in [-0.15, -0.1) is 0 Å². The average molecular weight is 381 g/mol. The number of ether oxygens (including phenoxy) is 1. The van der Waals surface area contributed by atoms with Crippen molar-refractivity contribution in [1.82, 2.24) is 10.2 Å². The van der Waals surface area contributed by atoms with E-state index in [1.807, 2.05) is 30.3 Å². The molecule has 7 heteroatoms. The molecule has 1 heterocycles. The molecule has 1 aliphatic rings. The summed E-state index contributed by atoms with van der Waals surface area (Å²) in [5.41, 5.74) is 0.671. The van der Waals surface area contributed by atoms with E-state index >= 15 is 0 Å². The third kappa shape index (κ3) is 5.84. The van der Waals surface area contributed by atoms with Crippen molar-refractivity contribution in [2.45, 2.75) is 19.3 Å². The maximum absolute atomic E-state index is 12.1. The zero-order valence-corrected chi connectivity index (χ0v) is 15.5. The molecule has 0 radical (unpaired) electrons. The highest BCUT2D eigenvalue weighted by molar-refractivity contribution is 5.91. The van der Waals surface area contributed by atoms with E-state index in [0.717, 1.165) is 5.75 Å². The second-order valence-corrected chi connectivity index (χ2v) is 6.51. The van der Waals surface area contributed by atoms with Crippen LogP contribution in [0.4, 0.5) is 5.69 Å². The fraction of sp³-hybridized carbons (Fsp3) is 0.286. The molecular formula is C21H23N3O4. The lowest BCUT2D eigenvalue weighted by Crippen LogP contribution is -2.49. The number of hydrogen-bond donors (Lipinski definition) is 2. The Balaban J connectivity index is 1.39. The largest absolute Gasteiger partial charge is 0.457 e. The number of nitrogens with zero attached hydrogens (tertiary/aromatic N) is 1. The van der Waals surface area contributed by atoms with Gasteiger partial charge in [0.2, 0.25) is 17.7 Å². The molecule has 3 amide bonds. The summed E-state index contributed by atoms with van der Waals surface area (Å²) in [6, 6.07) is 16.6. The van der Waals surface area contributed by atoms with Gasteiger partial charge in [-0.3, -0.25) is 14.4 Å². The van der Waals surface area contributed by atoms with Crippen LogP contribution in [-0.2, 0) is 14.4 Å². The van der Waals surface area contributed by atoms with Gasteiger partial charge in [0.05, 0.1) is 6.54 Å². The first-order chi connectivity index (χ1) is 13.6. The minimum absolute atomic E-state index is 0.0925. The first-order valence-electron chi connectivity index (χ1n) is 9.27. The molecule has 0 aliphatic carbocycles. The molecule has 2 aromatic rings. The number of rotatable bonds is 7. The van der Waals surface area contributed by atoms with E-state index in [1.165, 1.54) is 4.90 Å². The Hall–Kier alpha value is -3.35. The zero-order chi connectivity index (χ0) is 19.8. The van der Waals surface area contributed by atoms with Gasteiger partial charge in [0.15, 0.2) is 0 Å². The summed E-state index contributed by atoms with van der Waals surface area (Å²) < 4.78 is 5.71. The van der Waals surface area contributed by atoms with Crippen molar-refractivity contribution in [2.24, 2.45) is 0 Å². The standard InChI is InChI=1S/C21H23N3O4/c25-19(7-4-8-21(27)24-14-13-22-20(26)15-24)23-16-9-11-18(12-10-16)28-17-5-2-1-3-6-17/h1-3,5-6,9-12H,4,7-8,13-15H2,(H,22,26)(H,23,25). The zero-order valence-electron chi connectivity index (χ0n) is 15.5. The molecular weight excluding hydrogens is 358 g/mol. The Kier molecular flexibility index (Phi) is 6.62. The van der Waals surface area contributed by atoms with Crippen molar-refractivity contribution in [1.29, 1.82) is 0 Å². The van der Waals surface area contributed by atoms with E-state index in [-0.39, 0.29) is 37.1 Å². The molecule has 0 atom stereocenters. The van der Waals surface area contributed by atoms with Crippen LogP contribution in [0, 0.1) is 0 Å². The summed E-state index contributed by atoms with van der Waals surface area (Å²) in [6.45, 7) is 1.10. The van der Waals surface area contributed by atoms with Crippen LogP contribution in [0.3, 0.4) is 0 Å². The molecule has 3 rings (SSSR count). The van der Waals surface area contributed by atoms with Crippen molar-refractivity contribution in [3.63, 3.8) is 0 Å². The van der Waals surface area contributed by atoms with Crippen LogP contribution in [0.5, 0.6) is 11.5 Å². The molecule has 0 bridgehead atoms. The normalized spacial score (nSPS) is 13.6. The Morgan fingerprint density at radius 1 is 1.00 bits per heavy atom. The van der Waals surface area contributed by atoms with Gasteiger partial charge in [0.25, 0.3) is 0 Å². The number of amides is 3. The van der Waals surface area contributed by atoms with Gasteiger partial charge in [-0.2, -0.15) is 0 Å². The molecule has 0 spiro atoms. The van der Waals surface area contributed by atoms with E-state index in [9.17, 15) is 14.4 Å². The van der Waals surface area contributed by atoms with Crippen LogP contribution in [0.25, 0.3) is 0 Å². The van der Waals surface area contributed by atoms with E-state index in [1.54, 1.807) is 24.3 Å². The van der Waals surface area contributed by atoms with E-state index in [4.69, 9.17) is 4.74 Å². The van der Waals surface area contributed by atoms with E-state index in [2.05, 4.69) is 10.6 Å². The number of carbonyl (C=O) groups is 3. The van der Waals surface area contributed by atoms with Gasteiger partial charge >= 0.3 is 0 Å². The molecule has 0 unspecified atom stereocenters. The molecule has 28 heavy (non-hydrogen) atoms. The second-order valence-electron chi connectivity index (χ2n) is 6.51. The molecule has 1 aliphatic heterocycles. The summed E-state index contributed by atoms with van der Waals surface area (Å²) in [7, 11) is 0. The van der Waals surface area contributed by atoms with Crippen LogP contribution < -0.4 is 15.4 Å². The highest BCUT2D eigenvalue weighted by atomic mass is 16.5. The topological polar surface area (TPSA) is 87.7 Å². The predicted molar refractivity (Wildman–Crippen MR) is 105 cm³/mol. The van der Waals surface area contributed by atoms with Crippen molar-refractivity contribution in [2.75, 3.05) is 25.0 Å². The predicted octanol–water partition coefficient (Wildman–Crippen LogP) is 2.55. The number of carbonyl (C=O) groups excluding carboxylic acids is 3. The van der Waals surface area contributed by atoms with Crippen LogP contribution in [-0.4, -0.2) is 42.3 Å². The lowest BCUT2D eigenvalue weighted by molar-refractivity contribution is -0.138. The highest BCUT2D eigenvalue weighted by Gasteiger charge is 2.20. The van der Waals surface area contributed by atoms with Gasteiger partial charge in [-0.1, -0.05) is 18.2 Å². The summed E-state index contributed by atoms with van der Waals surface area (Å²) in [5.74, 6) is 1.04. The van der Waals surface area contributed by atoms with Crippen LogP contribution >= 0.6 is 0 Å². The monoisotopic (exact) mass is 381 g/mol. The molecule has 0 aromatic heterocycles. The highest BCUT2D eigenvalue weighted by Crippen LogP contribution is 2.22. The molecule has 1 saturated heterocycles. The summed E-state index contributed by atoms with van der Waals surface area (Å²) >= 11 is 0. The quantitative estimate of drug-likeness (QED) is 0.772. The second kappa shape index (κ2) is 9.55. The fourth-order valence-electron chi connectivity index (χ4n) is 2.86. The van der Waals surface area contributed by atoms with Crippen LogP contribution in [0.15, 0.2) is 54.6 Å². The lowest BCUT2D eigenvalue weighted by Gasteiger charge is -2.26. The number of anilines is 1. The van der Waals surface area contributed by atoms with Gasteiger partial charge in [-0.25, -0.2) is 0 Å². The summed E-state index contributed by atoms with van der Waals surface area (Å²) in [5, 5.41) is 5.49. The van der Waals surface area contributed by atoms with E-state index < -0.39 is 0 Å². The number of piperazine rings is 1. The van der Waals surface area contributed by atoms with Gasteiger partial charge < -0.3 is 20.3 Å². The van der Waals surface area contributed by atoms with Crippen LogP contribution in [0.2, 0.25) is 0 Å². The molecule has 2 N–H and O–H groups in total. The lowest BCUT2D eigenvalue weighted by atomic mass is 10.2. The number of nitrogens with one attached hydrogen (secondary N) is 2. The Morgan fingerprint density at radius 3 is 2.43 bits per heavy atom. The number of para-hydroxylation sites is 1. The molecule has 7 nitrogen and oxygen atoms in total. The Morgan fingerprint density at radius 2 is 1.71 bits per heavy atom. The molecule has 2 aromatic carbocycles. The first-order valence-corrected chi connectivity index (χ1v) is 9.27. The minimum Gasteiger partial charge on any atom is -0.457 e. The summed E-state index contributed by atoms with van der Waals surface area (Å²) in [6.07, 6.45) is 0.941. The van der Waals surface area contributed by atoms with E-state index in [0.29, 0.717) is 30.9 Å². The maximum atomic E-state index is 12.1. The Labute approximate surface area is 163 Å². The van der Waals surface area contributed by atoms with Crippen molar-refractivity contribution >= 4 is 23.4 Å². The average Bonchev–Trinajstić information content (AvgIpc) is 2.70. The first kappa shape index (κ1) is 19.4.